The van der Waals surface area contributed by atoms with Crippen molar-refractivity contribution in [2.24, 2.45) is 0 Å². The number of rotatable bonds is 6. The van der Waals surface area contributed by atoms with Gasteiger partial charge in [-0.1, -0.05) is 13.0 Å². The smallest absolute Gasteiger partial charge is 0.251 e. The van der Waals surface area contributed by atoms with Gasteiger partial charge < -0.3 is 14.5 Å². The Morgan fingerprint density at radius 2 is 2.07 bits per heavy atom. The van der Waals surface area contributed by atoms with Crippen molar-refractivity contribution in [2.45, 2.75) is 26.4 Å². The zero-order chi connectivity index (χ0) is 20.4. The number of pyridine rings is 1. The second-order valence-corrected chi connectivity index (χ2v) is 6.69. The molecule has 0 unspecified atom stereocenters. The minimum atomic E-state index is -0.544. The number of nitrogens with zero attached hydrogens (tertiary/aromatic N) is 5. The molecule has 29 heavy (non-hydrogen) atoms. The fourth-order valence-electron chi connectivity index (χ4n) is 3.41. The van der Waals surface area contributed by atoms with Crippen LogP contribution in [0.3, 0.4) is 0 Å². The second kappa shape index (κ2) is 7.83. The molecule has 3 heterocycles. The van der Waals surface area contributed by atoms with Crippen molar-refractivity contribution in [3.05, 3.63) is 66.1 Å². The van der Waals surface area contributed by atoms with Crippen LogP contribution < -0.4 is 5.32 Å². The van der Waals surface area contributed by atoms with E-state index in [9.17, 15) is 9.18 Å². The highest BCUT2D eigenvalue weighted by Crippen LogP contribution is 2.22. The predicted molar refractivity (Wildman–Crippen MR) is 108 cm³/mol. The van der Waals surface area contributed by atoms with Crippen molar-refractivity contribution >= 4 is 16.9 Å². The Morgan fingerprint density at radius 1 is 1.21 bits per heavy atom. The van der Waals surface area contributed by atoms with Crippen LogP contribution in [0.2, 0.25) is 0 Å². The molecule has 0 aliphatic rings. The number of benzene rings is 1. The van der Waals surface area contributed by atoms with Crippen LogP contribution >= 0.6 is 0 Å². The molecule has 0 aliphatic carbocycles. The highest BCUT2D eigenvalue weighted by Gasteiger charge is 2.15. The van der Waals surface area contributed by atoms with Gasteiger partial charge in [-0.3, -0.25) is 4.79 Å². The van der Waals surface area contributed by atoms with Crippen LogP contribution in [0.5, 0.6) is 0 Å². The standard InChI is InChI=1S/C21H21FN6O/c1-3-10-28-17-8-7-14(21(29)23-2)12-16(17)26-19(28)13-27-11-9-24-20(27)15-5-4-6-18(22)25-15/h4-9,11-12H,3,10,13H2,1-2H3,(H,23,29). The highest BCUT2D eigenvalue weighted by atomic mass is 19.1. The molecule has 0 aliphatic heterocycles. The van der Waals surface area contributed by atoms with E-state index >= 15 is 0 Å². The Balaban J connectivity index is 1.76. The van der Waals surface area contributed by atoms with Gasteiger partial charge in [0.2, 0.25) is 5.95 Å². The number of carbonyl (C=O) groups is 1. The summed E-state index contributed by atoms with van der Waals surface area (Å²) >= 11 is 0. The van der Waals surface area contributed by atoms with Crippen molar-refractivity contribution in [2.75, 3.05) is 7.05 Å². The Morgan fingerprint density at radius 3 is 2.83 bits per heavy atom. The minimum absolute atomic E-state index is 0.146. The summed E-state index contributed by atoms with van der Waals surface area (Å²) in [4.78, 5) is 25.0. The lowest BCUT2D eigenvalue weighted by molar-refractivity contribution is 0.0963. The third kappa shape index (κ3) is 3.61. The average molecular weight is 392 g/mol. The van der Waals surface area contributed by atoms with Gasteiger partial charge in [-0.2, -0.15) is 4.39 Å². The van der Waals surface area contributed by atoms with Gasteiger partial charge in [-0.05, 0) is 36.8 Å². The maximum atomic E-state index is 13.6. The van der Waals surface area contributed by atoms with E-state index < -0.39 is 5.95 Å². The third-order valence-corrected chi connectivity index (χ3v) is 4.74. The highest BCUT2D eigenvalue weighted by molar-refractivity contribution is 5.97. The van der Waals surface area contributed by atoms with Crippen LogP contribution in [0.4, 0.5) is 4.39 Å². The molecule has 4 aromatic rings. The zero-order valence-electron chi connectivity index (χ0n) is 16.3. The number of aryl methyl sites for hydroxylation is 1. The van der Waals surface area contributed by atoms with Crippen molar-refractivity contribution in [3.8, 4) is 11.5 Å². The summed E-state index contributed by atoms with van der Waals surface area (Å²) in [6, 6.07) is 10.2. The molecule has 3 aromatic heterocycles. The summed E-state index contributed by atoms with van der Waals surface area (Å²) in [6.07, 6.45) is 4.43. The molecule has 1 aromatic carbocycles. The Labute approximate surface area is 167 Å². The lowest BCUT2D eigenvalue weighted by atomic mass is 10.2. The first-order chi connectivity index (χ1) is 14.1. The van der Waals surface area contributed by atoms with E-state index in [1.54, 1.807) is 37.5 Å². The summed E-state index contributed by atoms with van der Waals surface area (Å²) < 4.78 is 17.6. The average Bonchev–Trinajstić information content (AvgIpc) is 3.32. The fraction of sp³-hybridized carbons (Fsp3) is 0.238. The quantitative estimate of drug-likeness (QED) is 0.511. The van der Waals surface area contributed by atoms with Gasteiger partial charge in [0.05, 0.1) is 17.6 Å². The summed E-state index contributed by atoms with van der Waals surface area (Å²) in [5.41, 5.74) is 2.77. The van der Waals surface area contributed by atoms with Gasteiger partial charge >= 0.3 is 0 Å². The number of hydrogen-bond donors (Lipinski definition) is 1. The molecule has 8 heteroatoms. The number of carbonyl (C=O) groups excluding carboxylic acids is 1. The molecule has 0 saturated heterocycles. The molecule has 0 saturated carbocycles. The maximum absolute atomic E-state index is 13.6. The Hall–Kier alpha value is -3.55. The van der Waals surface area contributed by atoms with Crippen molar-refractivity contribution in [1.82, 2.24) is 29.4 Å². The van der Waals surface area contributed by atoms with Crippen LogP contribution in [-0.2, 0) is 13.1 Å². The van der Waals surface area contributed by atoms with Gasteiger partial charge in [-0.25, -0.2) is 15.0 Å². The molecule has 4 rings (SSSR count). The van der Waals surface area contributed by atoms with E-state index in [1.807, 2.05) is 16.8 Å². The number of hydrogen-bond acceptors (Lipinski definition) is 4. The summed E-state index contributed by atoms with van der Waals surface area (Å²) in [5.74, 6) is 0.724. The lowest BCUT2D eigenvalue weighted by Gasteiger charge is -2.10. The van der Waals surface area contributed by atoms with E-state index in [4.69, 9.17) is 4.98 Å². The zero-order valence-corrected chi connectivity index (χ0v) is 16.3. The molecular weight excluding hydrogens is 371 g/mol. The molecule has 0 radical (unpaired) electrons. The Kier molecular flexibility index (Phi) is 5.07. The number of amides is 1. The van der Waals surface area contributed by atoms with Crippen molar-refractivity contribution in [1.29, 1.82) is 0 Å². The number of nitrogens with one attached hydrogen (secondary N) is 1. The molecule has 0 atom stereocenters. The van der Waals surface area contributed by atoms with Gasteiger partial charge in [-0.15, -0.1) is 0 Å². The van der Waals surface area contributed by atoms with E-state index in [0.29, 0.717) is 23.6 Å². The van der Waals surface area contributed by atoms with E-state index in [1.165, 1.54) is 6.07 Å². The van der Waals surface area contributed by atoms with Crippen LogP contribution in [0, 0.1) is 5.95 Å². The van der Waals surface area contributed by atoms with Gasteiger partial charge in [0.15, 0.2) is 5.82 Å². The maximum Gasteiger partial charge on any atom is 0.251 e. The second-order valence-electron chi connectivity index (χ2n) is 6.69. The van der Waals surface area contributed by atoms with E-state index in [-0.39, 0.29) is 5.91 Å². The number of aromatic nitrogens is 5. The van der Waals surface area contributed by atoms with Crippen LogP contribution in [-0.4, -0.2) is 37.0 Å². The molecule has 148 valence electrons. The first-order valence-electron chi connectivity index (χ1n) is 9.46. The first kappa shape index (κ1) is 18.8. The van der Waals surface area contributed by atoms with Crippen LogP contribution in [0.15, 0.2) is 48.8 Å². The van der Waals surface area contributed by atoms with Crippen LogP contribution in [0.25, 0.3) is 22.6 Å². The van der Waals surface area contributed by atoms with E-state index in [0.717, 1.165) is 29.8 Å². The lowest BCUT2D eigenvalue weighted by Crippen LogP contribution is -2.17. The third-order valence-electron chi connectivity index (χ3n) is 4.74. The molecule has 1 N–H and O–H groups in total. The first-order valence-corrected chi connectivity index (χ1v) is 9.46. The molecule has 1 amide bonds. The van der Waals surface area contributed by atoms with Crippen molar-refractivity contribution in [3.63, 3.8) is 0 Å². The molecular formula is C21H21FN6O. The van der Waals surface area contributed by atoms with Crippen LogP contribution in [0.1, 0.15) is 29.5 Å². The largest absolute Gasteiger partial charge is 0.355 e. The van der Waals surface area contributed by atoms with Crippen molar-refractivity contribution < 1.29 is 9.18 Å². The minimum Gasteiger partial charge on any atom is -0.355 e. The number of fused-ring (bicyclic) bond motifs is 1. The normalized spacial score (nSPS) is 11.1. The fourth-order valence-corrected chi connectivity index (χ4v) is 3.41. The number of halogens is 1. The molecule has 7 nitrogen and oxygen atoms in total. The monoisotopic (exact) mass is 392 g/mol. The molecule has 0 spiro atoms. The van der Waals surface area contributed by atoms with E-state index in [2.05, 4.69) is 26.8 Å². The summed E-state index contributed by atoms with van der Waals surface area (Å²) in [5, 5.41) is 2.64. The van der Waals surface area contributed by atoms with Gasteiger partial charge in [0.1, 0.15) is 11.5 Å². The molecule has 0 bridgehead atoms. The number of imidazole rings is 2. The SMILES string of the molecule is CCCn1c(Cn2ccnc2-c2cccc(F)n2)nc2cc(C(=O)NC)ccc21. The molecule has 0 fully saturated rings. The predicted octanol–water partition coefficient (Wildman–Crippen LogP) is 3.25. The summed E-state index contributed by atoms with van der Waals surface area (Å²) in [6.45, 7) is 3.36. The Bertz CT molecular complexity index is 1180. The topological polar surface area (TPSA) is 77.6 Å². The summed E-state index contributed by atoms with van der Waals surface area (Å²) in [7, 11) is 1.61. The van der Waals surface area contributed by atoms with Gasteiger partial charge in [0.25, 0.3) is 5.91 Å². The van der Waals surface area contributed by atoms with Gasteiger partial charge in [0, 0.05) is 31.5 Å².